The van der Waals surface area contributed by atoms with Gasteiger partial charge in [0.2, 0.25) is 5.91 Å². The second-order valence-corrected chi connectivity index (χ2v) is 9.13. The molecular weight excluding hydrogens is 438 g/mol. The molecule has 3 aromatic heterocycles. The Balaban J connectivity index is 1.48. The fourth-order valence-electron chi connectivity index (χ4n) is 5.11. The van der Waals surface area contributed by atoms with Gasteiger partial charge in [0.15, 0.2) is 0 Å². The standard InChI is InChI=1S/C27H23N7O/c28-7-1-2-8-32-26(35)27(15-29)13-16-11-20-21(12-17(16)14-27)34-25-19-6-4-10-31-23(19)22-18(24(25)33-20)5-3-9-30-22/h3-6,9-12H,1-2,7-8,13-14,28H2,(H,32,35). The van der Waals surface area contributed by atoms with E-state index >= 15 is 0 Å². The maximum Gasteiger partial charge on any atom is 0.241 e. The van der Waals surface area contributed by atoms with Gasteiger partial charge in [-0.1, -0.05) is 0 Å². The van der Waals surface area contributed by atoms with E-state index in [1.54, 1.807) is 12.4 Å². The molecule has 0 radical (unpaired) electrons. The summed E-state index contributed by atoms with van der Waals surface area (Å²) in [6.45, 7) is 1.11. The third-order valence-corrected chi connectivity index (χ3v) is 6.89. The molecule has 0 spiro atoms. The number of hydrogen-bond donors (Lipinski definition) is 2. The molecule has 2 aromatic carbocycles. The number of benzene rings is 2. The molecule has 1 amide bonds. The maximum absolute atomic E-state index is 13.0. The molecule has 35 heavy (non-hydrogen) atoms. The molecule has 8 heteroatoms. The molecule has 0 saturated heterocycles. The van der Waals surface area contributed by atoms with Crippen molar-refractivity contribution in [1.82, 2.24) is 25.3 Å². The fraction of sp³-hybridized carbons (Fsp3) is 0.259. The van der Waals surface area contributed by atoms with Gasteiger partial charge in [0, 0.05) is 42.6 Å². The Bertz CT molecular complexity index is 1580. The SMILES string of the molecule is N#CC1(C(=O)NCCCCN)Cc2cc3nc4c5cccnc5c5ncccc5c4nc3cc2C1. The zero-order valence-corrected chi connectivity index (χ0v) is 19.1. The number of aromatic nitrogens is 4. The number of nitrogens with one attached hydrogen (secondary N) is 1. The van der Waals surface area contributed by atoms with Crippen LogP contribution in [0, 0.1) is 16.7 Å². The molecular formula is C27H23N7O. The number of nitrogens with two attached hydrogens (primary N) is 1. The summed E-state index contributed by atoms with van der Waals surface area (Å²) in [5, 5.41) is 14.7. The van der Waals surface area contributed by atoms with Crippen LogP contribution in [0.3, 0.4) is 0 Å². The molecule has 0 bridgehead atoms. The number of hydrogen-bond acceptors (Lipinski definition) is 7. The van der Waals surface area contributed by atoms with Crippen molar-refractivity contribution in [2.24, 2.45) is 11.1 Å². The summed E-state index contributed by atoms with van der Waals surface area (Å²) in [5.41, 5.74) is 11.0. The molecule has 3 N–H and O–H groups in total. The average Bonchev–Trinajstić information content (AvgIpc) is 3.27. The number of nitriles is 1. The largest absolute Gasteiger partial charge is 0.355 e. The number of rotatable bonds is 5. The van der Waals surface area contributed by atoms with Gasteiger partial charge in [-0.3, -0.25) is 14.8 Å². The first-order valence-corrected chi connectivity index (χ1v) is 11.8. The summed E-state index contributed by atoms with van der Waals surface area (Å²) >= 11 is 0. The van der Waals surface area contributed by atoms with Gasteiger partial charge < -0.3 is 11.1 Å². The molecule has 3 heterocycles. The van der Waals surface area contributed by atoms with Gasteiger partial charge in [-0.05, 0) is 66.9 Å². The van der Waals surface area contributed by atoms with Crippen molar-refractivity contribution in [1.29, 1.82) is 5.26 Å². The smallest absolute Gasteiger partial charge is 0.241 e. The third-order valence-electron chi connectivity index (χ3n) is 6.89. The molecule has 1 aliphatic rings. The predicted octanol–water partition coefficient (Wildman–Crippen LogP) is 3.34. The van der Waals surface area contributed by atoms with Crippen molar-refractivity contribution in [3.8, 4) is 6.07 Å². The van der Waals surface area contributed by atoms with Gasteiger partial charge in [0.1, 0.15) is 5.41 Å². The van der Waals surface area contributed by atoms with Gasteiger partial charge in [0.25, 0.3) is 0 Å². The second kappa shape index (κ2) is 8.22. The Morgan fingerprint density at radius 3 is 2.03 bits per heavy atom. The molecule has 0 atom stereocenters. The zero-order chi connectivity index (χ0) is 24.0. The molecule has 0 saturated carbocycles. The van der Waals surface area contributed by atoms with Crippen LogP contribution in [0.15, 0.2) is 48.8 Å². The van der Waals surface area contributed by atoms with Crippen molar-refractivity contribution in [2.45, 2.75) is 25.7 Å². The van der Waals surface area contributed by atoms with E-state index in [0.717, 1.165) is 67.8 Å². The molecule has 0 fully saturated rings. The normalized spacial score (nSPS) is 14.4. The first-order valence-electron chi connectivity index (χ1n) is 11.8. The zero-order valence-electron chi connectivity index (χ0n) is 19.1. The van der Waals surface area contributed by atoms with Crippen LogP contribution >= 0.6 is 0 Å². The third kappa shape index (κ3) is 3.35. The van der Waals surface area contributed by atoms with Gasteiger partial charge in [-0.15, -0.1) is 0 Å². The Labute approximate surface area is 201 Å². The van der Waals surface area contributed by atoms with E-state index in [9.17, 15) is 10.1 Å². The lowest BCUT2D eigenvalue weighted by Crippen LogP contribution is -2.41. The summed E-state index contributed by atoms with van der Waals surface area (Å²) in [6, 6.07) is 14.0. The summed E-state index contributed by atoms with van der Waals surface area (Å²) in [4.78, 5) is 32.1. The number of unbranched alkanes of at least 4 members (excludes halogenated alkanes) is 1. The number of pyridine rings is 2. The monoisotopic (exact) mass is 461 g/mol. The van der Waals surface area contributed by atoms with E-state index < -0.39 is 5.41 Å². The lowest BCUT2D eigenvalue weighted by molar-refractivity contribution is -0.127. The number of carbonyl (C=O) groups is 1. The first-order chi connectivity index (χ1) is 17.1. The van der Waals surface area contributed by atoms with Gasteiger partial charge >= 0.3 is 0 Å². The Morgan fingerprint density at radius 1 is 0.943 bits per heavy atom. The van der Waals surface area contributed by atoms with Crippen LogP contribution in [0.5, 0.6) is 0 Å². The van der Waals surface area contributed by atoms with Crippen LogP contribution in [0.1, 0.15) is 24.0 Å². The molecule has 6 rings (SSSR count). The van der Waals surface area contributed by atoms with Gasteiger partial charge in [-0.2, -0.15) is 5.26 Å². The average molecular weight is 462 g/mol. The van der Waals surface area contributed by atoms with Crippen LogP contribution in [-0.4, -0.2) is 38.9 Å². The van der Waals surface area contributed by atoms with E-state index in [0.29, 0.717) is 25.9 Å². The van der Waals surface area contributed by atoms with Gasteiger partial charge in [0.05, 0.1) is 39.2 Å². The Kier molecular flexibility index (Phi) is 5.01. The van der Waals surface area contributed by atoms with Crippen LogP contribution < -0.4 is 11.1 Å². The Morgan fingerprint density at radius 2 is 1.51 bits per heavy atom. The summed E-state index contributed by atoms with van der Waals surface area (Å²) in [5.74, 6) is -0.225. The van der Waals surface area contributed by atoms with Crippen LogP contribution in [0.2, 0.25) is 0 Å². The molecule has 172 valence electrons. The second-order valence-electron chi connectivity index (χ2n) is 9.13. The highest BCUT2D eigenvalue weighted by Gasteiger charge is 2.44. The van der Waals surface area contributed by atoms with Crippen molar-refractivity contribution in [3.63, 3.8) is 0 Å². The van der Waals surface area contributed by atoms with Crippen LogP contribution in [0.25, 0.3) is 43.9 Å². The van der Waals surface area contributed by atoms with Crippen molar-refractivity contribution >= 4 is 49.8 Å². The van der Waals surface area contributed by atoms with E-state index in [4.69, 9.17) is 15.7 Å². The number of amides is 1. The molecule has 1 aliphatic carbocycles. The van der Waals surface area contributed by atoms with Crippen molar-refractivity contribution in [2.75, 3.05) is 13.1 Å². The number of nitrogens with zero attached hydrogens (tertiary/aromatic N) is 5. The van der Waals surface area contributed by atoms with E-state index in [1.807, 2.05) is 36.4 Å². The predicted molar refractivity (Wildman–Crippen MR) is 134 cm³/mol. The molecule has 0 aliphatic heterocycles. The number of carbonyl (C=O) groups excluding carboxylic acids is 1. The molecule has 5 aromatic rings. The van der Waals surface area contributed by atoms with E-state index in [2.05, 4.69) is 21.4 Å². The highest BCUT2D eigenvalue weighted by Crippen LogP contribution is 2.39. The molecule has 0 unspecified atom stereocenters. The lowest BCUT2D eigenvalue weighted by atomic mass is 9.85. The lowest BCUT2D eigenvalue weighted by Gasteiger charge is -2.19. The highest BCUT2D eigenvalue weighted by molar-refractivity contribution is 6.21. The number of fused-ring (bicyclic) bond motifs is 8. The maximum atomic E-state index is 13.0. The van der Waals surface area contributed by atoms with E-state index in [1.165, 1.54) is 0 Å². The topological polar surface area (TPSA) is 130 Å². The summed E-state index contributed by atoms with van der Waals surface area (Å²) in [7, 11) is 0. The van der Waals surface area contributed by atoms with Crippen molar-refractivity contribution in [3.05, 3.63) is 59.9 Å². The van der Waals surface area contributed by atoms with Crippen LogP contribution in [0.4, 0.5) is 0 Å². The fourth-order valence-corrected chi connectivity index (χ4v) is 5.11. The minimum Gasteiger partial charge on any atom is -0.355 e. The van der Waals surface area contributed by atoms with Crippen molar-refractivity contribution < 1.29 is 4.79 Å². The quantitative estimate of drug-likeness (QED) is 0.233. The minimum atomic E-state index is -1.12. The highest BCUT2D eigenvalue weighted by atomic mass is 16.2. The van der Waals surface area contributed by atoms with E-state index in [-0.39, 0.29) is 5.91 Å². The minimum absolute atomic E-state index is 0.225. The summed E-state index contributed by atoms with van der Waals surface area (Å²) in [6.07, 6.45) is 5.87. The Hall–Kier alpha value is -4.22. The van der Waals surface area contributed by atoms with Gasteiger partial charge in [-0.25, -0.2) is 9.97 Å². The molecule has 8 nitrogen and oxygen atoms in total. The first kappa shape index (κ1) is 21.3. The van der Waals surface area contributed by atoms with Crippen LogP contribution in [-0.2, 0) is 17.6 Å². The summed E-state index contributed by atoms with van der Waals surface area (Å²) < 4.78 is 0.